The molecule has 0 aliphatic rings. The number of rotatable bonds is 15. The van der Waals surface area contributed by atoms with Crippen LogP contribution in [0.15, 0.2) is 72.8 Å². The van der Waals surface area contributed by atoms with Crippen LogP contribution in [-0.4, -0.2) is 56.6 Å². The first-order chi connectivity index (χ1) is 20.4. The van der Waals surface area contributed by atoms with Gasteiger partial charge in [-0.2, -0.15) is 0 Å². The van der Waals surface area contributed by atoms with E-state index in [1.165, 1.54) is 9.21 Å². The molecule has 11 heteroatoms. The largest absolute Gasteiger partial charge is 0.492 e. The Balaban J connectivity index is 1.94. The third-order valence-corrected chi connectivity index (χ3v) is 8.57. The highest BCUT2D eigenvalue weighted by atomic mass is 35.5. The minimum Gasteiger partial charge on any atom is -0.492 e. The fourth-order valence-electron chi connectivity index (χ4n) is 4.71. The number of amides is 2. The molecule has 0 unspecified atom stereocenters. The second-order valence-electron chi connectivity index (χ2n) is 10.4. The molecule has 3 aromatic rings. The lowest BCUT2D eigenvalue weighted by Gasteiger charge is -2.33. The van der Waals surface area contributed by atoms with Crippen molar-refractivity contribution in [2.75, 3.05) is 23.7 Å². The Kier molecular flexibility index (Phi) is 12.7. The Bertz CT molecular complexity index is 1470. The van der Waals surface area contributed by atoms with Gasteiger partial charge in [-0.3, -0.25) is 13.9 Å². The van der Waals surface area contributed by atoms with Gasteiger partial charge in [0, 0.05) is 47.6 Å². The van der Waals surface area contributed by atoms with Gasteiger partial charge in [0.15, 0.2) is 0 Å². The molecule has 0 bridgehead atoms. The molecule has 8 nitrogen and oxygen atoms in total. The first kappa shape index (κ1) is 34.2. The maximum atomic E-state index is 14.0. The van der Waals surface area contributed by atoms with Crippen molar-refractivity contribution in [3.8, 4) is 5.75 Å². The zero-order valence-electron chi connectivity index (χ0n) is 24.9. The summed E-state index contributed by atoms with van der Waals surface area (Å²) in [5.41, 5.74) is 1.81. The number of nitrogens with one attached hydrogen (secondary N) is 1. The van der Waals surface area contributed by atoms with Gasteiger partial charge in [0.05, 0.1) is 18.6 Å². The molecule has 0 saturated heterocycles. The minimum absolute atomic E-state index is 0.00329. The van der Waals surface area contributed by atoms with Crippen molar-refractivity contribution < 1.29 is 22.7 Å². The monoisotopic (exact) mass is 647 g/mol. The lowest BCUT2D eigenvalue weighted by Crippen LogP contribution is -2.52. The van der Waals surface area contributed by atoms with Gasteiger partial charge >= 0.3 is 0 Å². The van der Waals surface area contributed by atoms with Crippen LogP contribution in [0.1, 0.15) is 44.7 Å². The Morgan fingerprint density at radius 2 is 1.56 bits per heavy atom. The van der Waals surface area contributed by atoms with Crippen LogP contribution < -0.4 is 14.4 Å². The molecule has 0 aliphatic heterocycles. The van der Waals surface area contributed by atoms with Gasteiger partial charge in [-0.1, -0.05) is 71.7 Å². The normalized spacial score (nSPS) is 12.1. The minimum atomic E-state index is -3.69. The van der Waals surface area contributed by atoms with Crippen LogP contribution in [-0.2, 0) is 32.6 Å². The molecule has 1 atom stereocenters. The predicted octanol–water partition coefficient (Wildman–Crippen LogP) is 6.10. The number of carbonyl (C=O) groups is 2. The van der Waals surface area contributed by atoms with Gasteiger partial charge in [0.25, 0.3) is 0 Å². The molecule has 0 saturated carbocycles. The molecule has 3 rings (SSSR count). The molecule has 3 aromatic carbocycles. The van der Waals surface area contributed by atoms with E-state index in [9.17, 15) is 18.0 Å². The fraction of sp³-hybridized carbons (Fsp3) is 0.375. The number of carbonyl (C=O) groups excluding carboxylic acids is 2. The molecular formula is C32H39Cl2N3O5S. The van der Waals surface area contributed by atoms with Crippen LogP contribution in [0.5, 0.6) is 5.75 Å². The van der Waals surface area contributed by atoms with Crippen molar-refractivity contribution in [3.63, 3.8) is 0 Å². The standard InChI is InChI=1S/C32H39Cl2N3O5S/c1-5-42-30-18-10-9-17-28(30)37(43(4,40)41)20-12-19-31(38)36(22-25-26(33)15-11-16-27(25)34)29(32(39)35-23(2)3)21-24-13-7-6-8-14-24/h6-11,13-18,23,29H,5,12,19-22H2,1-4H3,(H,35,39)/t29-/m1/s1. The van der Waals surface area contributed by atoms with Crippen molar-refractivity contribution >= 4 is 50.7 Å². The molecule has 43 heavy (non-hydrogen) atoms. The highest BCUT2D eigenvalue weighted by Gasteiger charge is 2.32. The number of sulfonamides is 1. The molecule has 1 N–H and O–H groups in total. The van der Waals surface area contributed by atoms with Crippen molar-refractivity contribution in [2.24, 2.45) is 0 Å². The van der Waals surface area contributed by atoms with E-state index < -0.39 is 16.1 Å². The van der Waals surface area contributed by atoms with Gasteiger partial charge in [-0.25, -0.2) is 8.42 Å². The summed E-state index contributed by atoms with van der Waals surface area (Å²) < 4.78 is 32.5. The SMILES string of the molecule is CCOc1ccccc1N(CCCC(=O)N(Cc1c(Cl)cccc1Cl)[C@H](Cc1ccccc1)C(=O)NC(C)C)S(C)(=O)=O. The van der Waals surface area contributed by atoms with Crippen molar-refractivity contribution in [1.29, 1.82) is 0 Å². The molecule has 0 aromatic heterocycles. The van der Waals surface area contributed by atoms with E-state index in [-0.39, 0.29) is 50.2 Å². The van der Waals surface area contributed by atoms with Crippen molar-refractivity contribution in [3.05, 3.63) is 94.0 Å². The van der Waals surface area contributed by atoms with Crippen LogP contribution in [0.2, 0.25) is 10.0 Å². The Hall–Kier alpha value is -3.27. The number of benzene rings is 3. The zero-order valence-corrected chi connectivity index (χ0v) is 27.3. The average molecular weight is 649 g/mol. The first-order valence-electron chi connectivity index (χ1n) is 14.2. The summed E-state index contributed by atoms with van der Waals surface area (Å²) in [7, 11) is -3.69. The van der Waals surface area contributed by atoms with Crippen LogP contribution in [0, 0.1) is 0 Å². The summed E-state index contributed by atoms with van der Waals surface area (Å²) in [5, 5.41) is 3.70. The number of halogens is 2. The highest BCUT2D eigenvalue weighted by Crippen LogP contribution is 2.31. The second kappa shape index (κ2) is 16.0. The van der Waals surface area contributed by atoms with Crippen LogP contribution in [0.25, 0.3) is 0 Å². The number of anilines is 1. The number of nitrogens with zero attached hydrogens (tertiary/aromatic N) is 2. The topological polar surface area (TPSA) is 96.0 Å². The molecular weight excluding hydrogens is 609 g/mol. The highest BCUT2D eigenvalue weighted by molar-refractivity contribution is 7.92. The summed E-state index contributed by atoms with van der Waals surface area (Å²) in [4.78, 5) is 29.1. The van der Waals surface area contributed by atoms with E-state index >= 15 is 0 Å². The summed E-state index contributed by atoms with van der Waals surface area (Å²) in [6.45, 7) is 5.94. The molecule has 0 spiro atoms. The van der Waals surface area contributed by atoms with E-state index in [2.05, 4.69) is 5.32 Å². The summed E-state index contributed by atoms with van der Waals surface area (Å²) in [5.74, 6) is -0.203. The summed E-state index contributed by atoms with van der Waals surface area (Å²) in [6.07, 6.45) is 1.56. The Labute approximate surface area is 265 Å². The third-order valence-electron chi connectivity index (χ3n) is 6.68. The van der Waals surface area contributed by atoms with Crippen LogP contribution in [0.3, 0.4) is 0 Å². The number of ether oxygens (including phenoxy) is 1. The van der Waals surface area contributed by atoms with Gasteiger partial charge in [-0.15, -0.1) is 0 Å². The number of hydrogen-bond donors (Lipinski definition) is 1. The molecule has 232 valence electrons. The number of hydrogen-bond acceptors (Lipinski definition) is 5. The molecule has 0 heterocycles. The van der Waals surface area contributed by atoms with Crippen LogP contribution >= 0.6 is 23.2 Å². The van der Waals surface area contributed by atoms with Crippen molar-refractivity contribution in [2.45, 2.75) is 58.7 Å². The van der Waals surface area contributed by atoms with E-state index in [0.29, 0.717) is 33.7 Å². The lowest BCUT2D eigenvalue weighted by molar-refractivity contribution is -0.141. The smallest absolute Gasteiger partial charge is 0.243 e. The van der Waals surface area contributed by atoms with Gasteiger partial charge < -0.3 is 15.0 Å². The fourth-order valence-corrected chi connectivity index (χ4v) is 6.20. The van der Waals surface area contributed by atoms with Gasteiger partial charge in [0.2, 0.25) is 21.8 Å². The zero-order chi connectivity index (χ0) is 31.6. The van der Waals surface area contributed by atoms with E-state index in [1.54, 1.807) is 42.5 Å². The maximum Gasteiger partial charge on any atom is 0.243 e. The summed E-state index contributed by atoms with van der Waals surface area (Å²) in [6, 6.07) is 20.4. The molecule has 0 fully saturated rings. The first-order valence-corrected chi connectivity index (χ1v) is 16.8. The Morgan fingerprint density at radius 3 is 2.16 bits per heavy atom. The molecule has 2 amide bonds. The average Bonchev–Trinajstić information content (AvgIpc) is 2.94. The maximum absolute atomic E-state index is 14.0. The van der Waals surface area contributed by atoms with Crippen molar-refractivity contribution in [1.82, 2.24) is 10.2 Å². The van der Waals surface area contributed by atoms with Gasteiger partial charge in [0.1, 0.15) is 11.8 Å². The predicted molar refractivity (Wildman–Crippen MR) is 173 cm³/mol. The lowest BCUT2D eigenvalue weighted by atomic mass is 10.0. The Morgan fingerprint density at radius 1 is 0.930 bits per heavy atom. The van der Waals surface area contributed by atoms with E-state index in [0.717, 1.165) is 11.8 Å². The summed E-state index contributed by atoms with van der Waals surface area (Å²) >= 11 is 13.0. The quantitative estimate of drug-likeness (QED) is 0.215. The second-order valence-corrected chi connectivity index (χ2v) is 13.2. The van der Waals surface area contributed by atoms with Crippen LogP contribution in [0.4, 0.5) is 5.69 Å². The molecule has 0 aliphatic carbocycles. The van der Waals surface area contributed by atoms with E-state index in [1.807, 2.05) is 51.1 Å². The van der Waals surface area contributed by atoms with E-state index in [4.69, 9.17) is 27.9 Å². The molecule has 0 radical (unpaired) electrons. The van der Waals surface area contributed by atoms with Gasteiger partial charge in [-0.05, 0) is 57.0 Å². The third kappa shape index (κ3) is 9.88. The number of para-hydroxylation sites is 2.